The standard InChI is InChI=1S/C21H26N4S/c1-3-7-19(22)20-23-24-21(25(20)14-17-8-5-4-6-9-17)26-15-18-12-10-16(2)11-13-18/h4-6,8-13,19H,3,7,14-15,22H2,1-2H3. The zero-order chi connectivity index (χ0) is 18.4. The molecule has 0 aliphatic carbocycles. The molecule has 0 amide bonds. The van der Waals surface area contributed by atoms with Gasteiger partial charge in [-0.1, -0.05) is 85.3 Å². The third-order valence-electron chi connectivity index (χ3n) is 4.35. The summed E-state index contributed by atoms with van der Waals surface area (Å²) in [6, 6.07) is 19.0. The molecule has 1 atom stereocenters. The van der Waals surface area contributed by atoms with Crippen molar-refractivity contribution >= 4 is 11.8 Å². The van der Waals surface area contributed by atoms with Crippen molar-refractivity contribution in [1.82, 2.24) is 14.8 Å². The van der Waals surface area contributed by atoms with Gasteiger partial charge in [-0.2, -0.15) is 0 Å². The molecule has 3 rings (SSSR count). The summed E-state index contributed by atoms with van der Waals surface area (Å²) in [6.45, 7) is 5.00. The van der Waals surface area contributed by atoms with E-state index in [1.807, 2.05) is 6.07 Å². The fourth-order valence-corrected chi connectivity index (χ4v) is 3.77. The lowest BCUT2D eigenvalue weighted by molar-refractivity contribution is 0.552. The highest BCUT2D eigenvalue weighted by atomic mass is 32.2. The molecule has 1 aromatic heterocycles. The minimum Gasteiger partial charge on any atom is -0.321 e. The van der Waals surface area contributed by atoms with Gasteiger partial charge in [0.15, 0.2) is 11.0 Å². The van der Waals surface area contributed by atoms with E-state index in [0.29, 0.717) is 0 Å². The fraction of sp³-hybridized carbons (Fsp3) is 0.333. The molecule has 0 aliphatic heterocycles. The first-order valence-electron chi connectivity index (χ1n) is 9.08. The summed E-state index contributed by atoms with van der Waals surface area (Å²) in [5, 5.41) is 9.80. The summed E-state index contributed by atoms with van der Waals surface area (Å²) < 4.78 is 2.18. The Hall–Kier alpha value is -2.11. The summed E-state index contributed by atoms with van der Waals surface area (Å²) in [4.78, 5) is 0. The summed E-state index contributed by atoms with van der Waals surface area (Å²) >= 11 is 1.72. The second kappa shape index (κ2) is 9.01. The predicted molar refractivity (Wildman–Crippen MR) is 108 cm³/mol. The highest BCUT2D eigenvalue weighted by molar-refractivity contribution is 7.98. The zero-order valence-corrected chi connectivity index (χ0v) is 16.2. The topological polar surface area (TPSA) is 56.7 Å². The van der Waals surface area contributed by atoms with Gasteiger partial charge in [-0.3, -0.25) is 0 Å². The van der Waals surface area contributed by atoms with Gasteiger partial charge in [0.25, 0.3) is 0 Å². The lowest BCUT2D eigenvalue weighted by atomic mass is 10.1. The van der Waals surface area contributed by atoms with Gasteiger partial charge in [0.05, 0.1) is 12.6 Å². The van der Waals surface area contributed by atoms with Crippen molar-refractivity contribution in [2.45, 2.75) is 50.2 Å². The van der Waals surface area contributed by atoms with Gasteiger partial charge in [-0.05, 0) is 24.5 Å². The third kappa shape index (κ3) is 4.74. The van der Waals surface area contributed by atoms with Crippen molar-refractivity contribution in [3.63, 3.8) is 0 Å². The highest BCUT2D eigenvalue weighted by Gasteiger charge is 2.18. The van der Waals surface area contributed by atoms with E-state index in [4.69, 9.17) is 5.73 Å². The zero-order valence-electron chi connectivity index (χ0n) is 15.4. The average Bonchev–Trinajstić information content (AvgIpc) is 3.05. The molecule has 2 aromatic carbocycles. The van der Waals surface area contributed by atoms with Gasteiger partial charge in [0.1, 0.15) is 0 Å². The van der Waals surface area contributed by atoms with Gasteiger partial charge in [-0.25, -0.2) is 0 Å². The first-order chi connectivity index (χ1) is 12.7. The van der Waals surface area contributed by atoms with E-state index in [1.165, 1.54) is 16.7 Å². The predicted octanol–water partition coefficient (Wildman–Crippen LogP) is 4.73. The first-order valence-corrected chi connectivity index (χ1v) is 10.1. The number of thioether (sulfide) groups is 1. The molecule has 3 aromatic rings. The van der Waals surface area contributed by atoms with Crippen LogP contribution in [0, 0.1) is 6.92 Å². The Balaban J connectivity index is 1.82. The van der Waals surface area contributed by atoms with Crippen LogP contribution in [-0.4, -0.2) is 14.8 Å². The fourth-order valence-electron chi connectivity index (χ4n) is 2.87. The molecular formula is C21H26N4S. The maximum absolute atomic E-state index is 6.36. The quantitative estimate of drug-likeness (QED) is 0.586. The number of hydrogen-bond donors (Lipinski definition) is 1. The number of nitrogens with two attached hydrogens (primary N) is 1. The molecule has 0 fully saturated rings. The minimum absolute atomic E-state index is 0.0788. The van der Waals surface area contributed by atoms with Crippen LogP contribution >= 0.6 is 11.8 Å². The molecule has 4 nitrogen and oxygen atoms in total. The van der Waals surface area contributed by atoms with E-state index in [0.717, 1.165) is 36.1 Å². The Morgan fingerprint density at radius 3 is 2.42 bits per heavy atom. The maximum atomic E-state index is 6.36. The molecule has 5 heteroatoms. The number of aromatic nitrogens is 3. The average molecular weight is 367 g/mol. The van der Waals surface area contributed by atoms with Crippen LogP contribution in [0.4, 0.5) is 0 Å². The molecule has 136 valence electrons. The summed E-state index contributed by atoms with van der Waals surface area (Å²) in [7, 11) is 0. The Morgan fingerprint density at radius 1 is 1.00 bits per heavy atom. The first kappa shape index (κ1) is 18.7. The monoisotopic (exact) mass is 366 g/mol. The second-order valence-electron chi connectivity index (χ2n) is 6.58. The molecule has 1 unspecified atom stereocenters. The van der Waals surface area contributed by atoms with Crippen LogP contribution in [0.2, 0.25) is 0 Å². The molecule has 2 N–H and O–H groups in total. The van der Waals surface area contributed by atoms with E-state index in [2.05, 4.69) is 77.1 Å². The Bertz CT molecular complexity index is 812. The molecule has 0 aliphatic rings. The molecule has 1 heterocycles. The van der Waals surface area contributed by atoms with E-state index >= 15 is 0 Å². The molecule has 0 spiro atoms. The van der Waals surface area contributed by atoms with E-state index < -0.39 is 0 Å². The Morgan fingerprint density at radius 2 is 1.73 bits per heavy atom. The third-order valence-corrected chi connectivity index (χ3v) is 5.39. The maximum Gasteiger partial charge on any atom is 0.191 e. The summed E-state index contributed by atoms with van der Waals surface area (Å²) in [6.07, 6.45) is 1.95. The lowest BCUT2D eigenvalue weighted by Gasteiger charge is -2.14. The number of hydrogen-bond acceptors (Lipinski definition) is 4. The van der Waals surface area contributed by atoms with Gasteiger partial charge in [0.2, 0.25) is 0 Å². The molecule has 0 radical (unpaired) electrons. The SMILES string of the molecule is CCCC(N)c1nnc(SCc2ccc(C)cc2)n1Cc1ccccc1. The van der Waals surface area contributed by atoms with Crippen LogP contribution in [-0.2, 0) is 12.3 Å². The van der Waals surface area contributed by atoms with Crippen LogP contribution < -0.4 is 5.73 Å². The number of rotatable bonds is 8. The van der Waals surface area contributed by atoms with E-state index in [9.17, 15) is 0 Å². The molecule has 0 bridgehead atoms. The van der Waals surface area contributed by atoms with E-state index in [-0.39, 0.29) is 6.04 Å². The van der Waals surface area contributed by atoms with Crippen LogP contribution in [0.5, 0.6) is 0 Å². The van der Waals surface area contributed by atoms with Crippen molar-refractivity contribution in [3.8, 4) is 0 Å². The van der Waals surface area contributed by atoms with Crippen LogP contribution in [0.3, 0.4) is 0 Å². The molecule has 0 saturated heterocycles. The van der Waals surface area contributed by atoms with Crippen LogP contribution in [0.25, 0.3) is 0 Å². The van der Waals surface area contributed by atoms with Crippen LogP contribution in [0.15, 0.2) is 59.8 Å². The van der Waals surface area contributed by atoms with Gasteiger partial charge in [0, 0.05) is 5.75 Å². The van der Waals surface area contributed by atoms with Crippen molar-refractivity contribution in [2.75, 3.05) is 0 Å². The largest absolute Gasteiger partial charge is 0.321 e. The van der Waals surface area contributed by atoms with Gasteiger partial charge < -0.3 is 10.3 Å². The normalized spacial score (nSPS) is 12.3. The lowest BCUT2D eigenvalue weighted by Crippen LogP contribution is -2.17. The van der Waals surface area contributed by atoms with Gasteiger partial charge >= 0.3 is 0 Å². The second-order valence-corrected chi connectivity index (χ2v) is 7.52. The number of aryl methyl sites for hydroxylation is 1. The van der Waals surface area contributed by atoms with Crippen molar-refractivity contribution < 1.29 is 0 Å². The summed E-state index contributed by atoms with van der Waals surface area (Å²) in [5.41, 5.74) is 10.2. The molecule has 0 saturated carbocycles. The summed E-state index contributed by atoms with van der Waals surface area (Å²) in [5.74, 6) is 1.75. The van der Waals surface area contributed by atoms with Crippen LogP contribution in [0.1, 0.15) is 48.3 Å². The smallest absolute Gasteiger partial charge is 0.191 e. The molecular weight excluding hydrogens is 340 g/mol. The number of nitrogens with zero attached hydrogens (tertiary/aromatic N) is 3. The number of benzene rings is 2. The van der Waals surface area contributed by atoms with Gasteiger partial charge in [-0.15, -0.1) is 10.2 Å². The Labute approximate surface area is 159 Å². The van der Waals surface area contributed by atoms with Crippen molar-refractivity contribution in [2.24, 2.45) is 5.73 Å². The highest BCUT2D eigenvalue weighted by Crippen LogP contribution is 2.26. The Kier molecular flexibility index (Phi) is 6.47. The van der Waals surface area contributed by atoms with Crippen molar-refractivity contribution in [3.05, 3.63) is 77.1 Å². The minimum atomic E-state index is -0.0788. The molecule has 26 heavy (non-hydrogen) atoms. The van der Waals surface area contributed by atoms with Crippen molar-refractivity contribution in [1.29, 1.82) is 0 Å². The van der Waals surface area contributed by atoms with E-state index in [1.54, 1.807) is 11.8 Å².